The molecule has 1 heterocycles. The number of amides is 1. The Morgan fingerprint density at radius 3 is 2.50 bits per heavy atom. The van der Waals surface area contributed by atoms with Crippen molar-refractivity contribution in [1.29, 1.82) is 5.26 Å². The first-order valence-corrected chi connectivity index (χ1v) is 6.35. The van der Waals surface area contributed by atoms with Gasteiger partial charge in [-0.05, 0) is 0 Å². The smallest absolute Gasteiger partial charge is 0.322 e. The summed E-state index contributed by atoms with van der Waals surface area (Å²) in [7, 11) is 0. The van der Waals surface area contributed by atoms with E-state index in [0.717, 1.165) is 19.6 Å². The fourth-order valence-electron chi connectivity index (χ4n) is 1.87. The van der Waals surface area contributed by atoms with E-state index in [-0.39, 0.29) is 5.57 Å². The summed E-state index contributed by atoms with van der Waals surface area (Å²) >= 11 is 0. The largest absolute Gasteiger partial charge is 0.480 e. The molecular weight excluding hydrogens is 262 g/mol. The Morgan fingerprint density at radius 1 is 1.35 bits per heavy atom. The van der Waals surface area contributed by atoms with E-state index in [1.807, 2.05) is 4.90 Å². The second-order valence-electron chi connectivity index (χ2n) is 4.40. The maximum atomic E-state index is 11.6. The van der Waals surface area contributed by atoms with Gasteiger partial charge in [-0.3, -0.25) is 14.5 Å². The highest BCUT2D eigenvalue weighted by molar-refractivity contribution is 5.98. The third kappa shape index (κ3) is 5.26. The fourth-order valence-corrected chi connectivity index (χ4v) is 1.87. The summed E-state index contributed by atoms with van der Waals surface area (Å²) in [5.74, 6) is -1.81. The topological polar surface area (TPSA) is 123 Å². The van der Waals surface area contributed by atoms with Gasteiger partial charge in [0.25, 0.3) is 5.91 Å². The summed E-state index contributed by atoms with van der Waals surface area (Å²) in [6, 6.07) is 1.79. The van der Waals surface area contributed by atoms with E-state index in [4.69, 9.17) is 16.1 Å². The zero-order valence-electron chi connectivity index (χ0n) is 11.2. The van der Waals surface area contributed by atoms with E-state index in [0.29, 0.717) is 19.6 Å². The number of aliphatic carboxylic acids is 1. The Morgan fingerprint density at radius 2 is 2.00 bits per heavy atom. The van der Waals surface area contributed by atoms with Crippen LogP contribution in [0.2, 0.25) is 0 Å². The van der Waals surface area contributed by atoms with E-state index < -0.39 is 18.4 Å². The fraction of sp³-hybridized carbons (Fsp3) is 0.583. The van der Waals surface area contributed by atoms with Gasteiger partial charge in [0, 0.05) is 45.5 Å². The first-order valence-electron chi connectivity index (χ1n) is 6.35. The lowest BCUT2D eigenvalue weighted by Crippen LogP contribution is -2.46. The first kappa shape index (κ1) is 15.9. The summed E-state index contributed by atoms with van der Waals surface area (Å²) in [5.41, 5.74) is 5.40. The maximum Gasteiger partial charge on any atom is 0.322 e. The van der Waals surface area contributed by atoms with Crippen LogP contribution in [0.1, 0.15) is 0 Å². The molecule has 0 radical (unpaired) electrons. The minimum absolute atomic E-state index is 0.0847. The van der Waals surface area contributed by atoms with Crippen molar-refractivity contribution in [3.8, 4) is 6.07 Å². The summed E-state index contributed by atoms with van der Waals surface area (Å²) in [4.78, 5) is 26.0. The Kier molecular flexibility index (Phi) is 6.49. The number of nitrogens with one attached hydrogen (secondary N) is 1. The predicted octanol–water partition coefficient (Wildman–Crippen LogP) is -1.83. The highest BCUT2D eigenvalue weighted by Gasteiger charge is 2.16. The molecule has 1 amide bonds. The molecule has 0 aromatic rings. The van der Waals surface area contributed by atoms with Crippen LogP contribution < -0.4 is 11.1 Å². The van der Waals surface area contributed by atoms with Crippen molar-refractivity contribution >= 4 is 11.9 Å². The molecule has 8 heteroatoms. The molecule has 0 bridgehead atoms. The molecule has 1 aliphatic rings. The van der Waals surface area contributed by atoms with Crippen LogP contribution in [0.5, 0.6) is 0 Å². The van der Waals surface area contributed by atoms with Gasteiger partial charge in [0.15, 0.2) is 0 Å². The zero-order chi connectivity index (χ0) is 15.0. The van der Waals surface area contributed by atoms with E-state index in [2.05, 4.69) is 10.2 Å². The Balaban J connectivity index is 2.51. The van der Waals surface area contributed by atoms with E-state index in [1.54, 1.807) is 6.07 Å². The van der Waals surface area contributed by atoms with Gasteiger partial charge in [-0.25, -0.2) is 0 Å². The van der Waals surface area contributed by atoms with Crippen molar-refractivity contribution in [3.63, 3.8) is 0 Å². The molecule has 110 valence electrons. The molecule has 4 N–H and O–H groups in total. The van der Waals surface area contributed by atoms with Gasteiger partial charge >= 0.3 is 5.97 Å². The van der Waals surface area contributed by atoms with Gasteiger partial charge in [-0.15, -0.1) is 0 Å². The lowest BCUT2D eigenvalue weighted by molar-refractivity contribution is -0.137. The van der Waals surface area contributed by atoms with Crippen LogP contribution in [-0.4, -0.2) is 72.6 Å². The number of rotatable bonds is 6. The molecule has 1 fully saturated rings. The number of carbonyl (C=O) groups excluding carboxylic acids is 1. The molecule has 0 spiro atoms. The van der Waals surface area contributed by atoms with Gasteiger partial charge in [0.2, 0.25) is 0 Å². The van der Waals surface area contributed by atoms with Gasteiger partial charge in [0.1, 0.15) is 18.2 Å². The quantitative estimate of drug-likeness (QED) is 0.386. The SMILES string of the molecule is N#C/C(=C/N1CCN(CCN)CC1)C(=O)NCC(=O)O. The Labute approximate surface area is 117 Å². The van der Waals surface area contributed by atoms with Crippen LogP contribution in [0.4, 0.5) is 0 Å². The summed E-state index contributed by atoms with van der Waals surface area (Å²) in [6.07, 6.45) is 1.48. The molecule has 1 aliphatic heterocycles. The van der Waals surface area contributed by atoms with E-state index in [9.17, 15) is 9.59 Å². The molecule has 0 aromatic carbocycles. The molecule has 0 atom stereocenters. The van der Waals surface area contributed by atoms with Gasteiger partial charge in [-0.2, -0.15) is 5.26 Å². The molecular formula is C12H19N5O3. The average Bonchev–Trinajstić information content (AvgIpc) is 2.44. The molecule has 1 saturated heterocycles. The molecule has 8 nitrogen and oxygen atoms in total. The Bertz CT molecular complexity index is 421. The molecule has 0 saturated carbocycles. The number of nitrogens with two attached hydrogens (primary N) is 1. The van der Waals surface area contributed by atoms with Crippen molar-refractivity contribution in [3.05, 3.63) is 11.8 Å². The van der Waals surface area contributed by atoms with Crippen molar-refractivity contribution in [1.82, 2.24) is 15.1 Å². The van der Waals surface area contributed by atoms with Crippen LogP contribution in [0.15, 0.2) is 11.8 Å². The minimum atomic E-state index is -1.15. The van der Waals surface area contributed by atoms with Crippen molar-refractivity contribution in [2.75, 3.05) is 45.8 Å². The van der Waals surface area contributed by atoms with Crippen LogP contribution in [-0.2, 0) is 9.59 Å². The Hall–Kier alpha value is -2.11. The number of carboxylic acid groups (broad SMARTS) is 1. The van der Waals surface area contributed by atoms with Crippen molar-refractivity contribution in [2.45, 2.75) is 0 Å². The lowest BCUT2D eigenvalue weighted by atomic mass is 10.2. The third-order valence-corrected chi connectivity index (χ3v) is 2.93. The number of nitriles is 1. The summed E-state index contributed by atoms with van der Waals surface area (Å²) < 4.78 is 0. The number of piperazine rings is 1. The number of nitrogens with zero attached hydrogens (tertiary/aromatic N) is 3. The second-order valence-corrected chi connectivity index (χ2v) is 4.40. The second kappa shape index (κ2) is 8.14. The van der Waals surface area contributed by atoms with Gasteiger partial charge in [0.05, 0.1) is 0 Å². The number of carboxylic acids is 1. The van der Waals surface area contributed by atoms with Crippen LogP contribution in [0, 0.1) is 11.3 Å². The normalized spacial score (nSPS) is 16.6. The van der Waals surface area contributed by atoms with Crippen LogP contribution >= 0.6 is 0 Å². The van der Waals surface area contributed by atoms with E-state index in [1.165, 1.54) is 6.20 Å². The van der Waals surface area contributed by atoms with Crippen molar-refractivity contribution < 1.29 is 14.7 Å². The monoisotopic (exact) mass is 281 g/mol. The summed E-state index contributed by atoms with van der Waals surface area (Å²) in [5, 5.41) is 19.6. The number of hydrogen-bond acceptors (Lipinski definition) is 6. The molecule has 20 heavy (non-hydrogen) atoms. The van der Waals surface area contributed by atoms with E-state index >= 15 is 0 Å². The predicted molar refractivity (Wildman–Crippen MR) is 71.4 cm³/mol. The highest BCUT2D eigenvalue weighted by atomic mass is 16.4. The first-order chi connectivity index (χ1) is 9.56. The number of hydrogen-bond donors (Lipinski definition) is 3. The third-order valence-electron chi connectivity index (χ3n) is 2.93. The van der Waals surface area contributed by atoms with Gasteiger partial charge in [-0.1, -0.05) is 0 Å². The molecule has 0 aromatic heterocycles. The zero-order valence-corrected chi connectivity index (χ0v) is 11.2. The average molecular weight is 281 g/mol. The number of carbonyl (C=O) groups is 2. The molecule has 0 aliphatic carbocycles. The summed E-state index contributed by atoms with van der Waals surface area (Å²) in [6.45, 7) is 4.00. The van der Waals surface area contributed by atoms with Gasteiger partial charge < -0.3 is 21.1 Å². The minimum Gasteiger partial charge on any atom is -0.480 e. The van der Waals surface area contributed by atoms with Crippen LogP contribution in [0.25, 0.3) is 0 Å². The maximum absolute atomic E-state index is 11.6. The highest BCUT2D eigenvalue weighted by Crippen LogP contribution is 2.04. The van der Waals surface area contributed by atoms with Crippen LogP contribution in [0.3, 0.4) is 0 Å². The lowest BCUT2D eigenvalue weighted by Gasteiger charge is -2.33. The van der Waals surface area contributed by atoms with Crippen molar-refractivity contribution in [2.24, 2.45) is 5.73 Å². The molecule has 0 unspecified atom stereocenters. The molecule has 1 rings (SSSR count). The standard InChI is InChI=1S/C12H19N5O3/c13-1-2-16-3-5-17(6-4-16)9-10(7-14)12(20)15-8-11(18)19/h9H,1-6,8,13H2,(H,15,20)(H,18,19)/b10-9-.